The zero-order chi connectivity index (χ0) is 15.8. The Kier molecular flexibility index (Phi) is 6.72. The van der Waals surface area contributed by atoms with Gasteiger partial charge in [0.25, 0.3) is 5.91 Å². The number of nitrogens with one attached hydrogen (secondary N) is 1. The summed E-state index contributed by atoms with van der Waals surface area (Å²) < 4.78 is 10.4. The van der Waals surface area contributed by atoms with E-state index >= 15 is 0 Å². The zero-order valence-electron chi connectivity index (χ0n) is 13.1. The highest BCUT2D eigenvalue weighted by Gasteiger charge is 2.17. The van der Waals surface area contributed by atoms with Gasteiger partial charge in [-0.15, -0.1) is 0 Å². The Morgan fingerprint density at radius 3 is 2.62 bits per heavy atom. The van der Waals surface area contributed by atoms with Crippen molar-refractivity contribution in [1.82, 2.24) is 5.32 Å². The molecule has 0 saturated carbocycles. The highest BCUT2D eigenvalue weighted by Crippen LogP contribution is 2.18. The van der Waals surface area contributed by atoms with Crippen LogP contribution in [0.5, 0.6) is 5.75 Å². The number of carbonyl (C=O) groups is 2. The van der Waals surface area contributed by atoms with Gasteiger partial charge in [-0.2, -0.15) is 0 Å². The van der Waals surface area contributed by atoms with E-state index in [4.69, 9.17) is 9.47 Å². The summed E-state index contributed by atoms with van der Waals surface area (Å²) in [5, 5.41) is 2.67. The zero-order valence-corrected chi connectivity index (χ0v) is 13.1. The Morgan fingerprint density at radius 2 is 2.00 bits per heavy atom. The monoisotopic (exact) mass is 293 g/mol. The van der Waals surface area contributed by atoms with Crippen LogP contribution in [0.2, 0.25) is 0 Å². The molecule has 0 spiro atoms. The summed E-state index contributed by atoms with van der Waals surface area (Å²) in [4.78, 5) is 23.2. The number of rotatable bonds is 7. The molecule has 1 atom stereocenters. The molecule has 0 radical (unpaired) electrons. The second kappa shape index (κ2) is 8.29. The fourth-order valence-corrected chi connectivity index (χ4v) is 1.77. The summed E-state index contributed by atoms with van der Waals surface area (Å²) in [6, 6.07) is 5.70. The van der Waals surface area contributed by atoms with Gasteiger partial charge in [0.15, 0.2) is 12.7 Å². The van der Waals surface area contributed by atoms with Crippen LogP contribution in [0.25, 0.3) is 0 Å². The number of amides is 1. The molecule has 1 aromatic rings. The quantitative estimate of drug-likeness (QED) is 0.782. The third-order valence-electron chi connectivity index (χ3n) is 2.90. The molecular weight excluding hydrogens is 270 g/mol. The van der Waals surface area contributed by atoms with Gasteiger partial charge in [0, 0.05) is 6.54 Å². The number of hydrogen-bond acceptors (Lipinski definition) is 4. The summed E-state index contributed by atoms with van der Waals surface area (Å²) in [6.07, 6.45) is 0.0224. The SMILES string of the molecule is CCCNC(=O)[C@@H](C)OC(=O)COc1ccc(C)cc1C. The lowest BCUT2D eigenvalue weighted by Crippen LogP contribution is -2.37. The minimum atomic E-state index is -0.813. The minimum absolute atomic E-state index is 0.213. The molecule has 0 aliphatic carbocycles. The van der Waals surface area contributed by atoms with Gasteiger partial charge in [0.05, 0.1) is 0 Å². The first-order valence-corrected chi connectivity index (χ1v) is 7.11. The first-order chi connectivity index (χ1) is 9.93. The summed E-state index contributed by atoms with van der Waals surface area (Å²) in [5.74, 6) is -0.216. The van der Waals surface area contributed by atoms with E-state index in [0.717, 1.165) is 17.5 Å². The van der Waals surface area contributed by atoms with Gasteiger partial charge < -0.3 is 14.8 Å². The fourth-order valence-electron chi connectivity index (χ4n) is 1.77. The van der Waals surface area contributed by atoms with E-state index in [1.54, 1.807) is 6.92 Å². The molecule has 0 aliphatic heterocycles. The number of aryl methyl sites for hydroxylation is 2. The standard InChI is InChI=1S/C16H23NO4/c1-5-8-17-16(19)13(4)21-15(18)10-20-14-7-6-11(2)9-12(14)3/h6-7,9,13H,5,8,10H2,1-4H3,(H,17,19)/t13-/m1/s1. The summed E-state index contributed by atoms with van der Waals surface area (Å²) >= 11 is 0. The molecule has 21 heavy (non-hydrogen) atoms. The summed E-state index contributed by atoms with van der Waals surface area (Å²) in [7, 11) is 0. The van der Waals surface area contributed by atoms with Crippen LogP contribution in [0.4, 0.5) is 0 Å². The Bertz CT molecular complexity index is 499. The second-order valence-corrected chi connectivity index (χ2v) is 4.98. The first kappa shape index (κ1) is 17.0. The van der Waals surface area contributed by atoms with E-state index < -0.39 is 12.1 Å². The van der Waals surface area contributed by atoms with Gasteiger partial charge in [-0.05, 0) is 38.8 Å². The summed E-state index contributed by atoms with van der Waals surface area (Å²) in [6.45, 7) is 7.75. The largest absolute Gasteiger partial charge is 0.482 e. The third kappa shape index (κ3) is 5.85. The molecule has 1 aromatic carbocycles. The van der Waals surface area contributed by atoms with E-state index in [9.17, 15) is 9.59 Å². The Morgan fingerprint density at radius 1 is 1.29 bits per heavy atom. The van der Waals surface area contributed by atoms with Crippen molar-refractivity contribution in [3.63, 3.8) is 0 Å². The predicted octanol–water partition coefficient (Wildman–Crippen LogP) is 2.14. The molecular formula is C16H23NO4. The molecule has 0 saturated heterocycles. The van der Waals surface area contributed by atoms with Crippen molar-refractivity contribution >= 4 is 11.9 Å². The molecule has 0 aromatic heterocycles. The van der Waals surface area contributed by atoms with Gasteiger partial charge in [0.2, 0.25) is 0 Å². The second-order valence-electron chi connectivity index (χ2n) is 4.98. The highest BCUT2D eigenvalue weighted by molar-refractivity contribution is 5.83. The van der Waals surface area contributed by atoms with Gasteiger partial charge in [-0.3, -0.25) is 4.79 Å². The highest BCUT2D eigenvalue weighted by atomic mass is 16.6. The first-order valence-electron chi connectivity index (χ1n) is 7.11. The topological polar surface area (TPSA) is 64.6 Å². The molecule has 1 N–H and O–H groups in total. The Balaban J connectivity index is 2.41. The van der Waals surface area contributed by atoms with Crippen molar-refractivity contribution in [1.29, 1.82) is 0 Å². The van der Waals surface area contributed by atoms with E-state index in [-0.39, 0.29) is 12.5 Å². The van der Waals surface area contributed by atoms with E-state index in [0.29, 0.717) is 12.3 Å². The maximum absolute atomic E-state index is 11.7. The third-order valence-corrected chi connectivity index (χ3v) is 2.90. The number of carbonyl (C=O) groups excluding carboxylic acids is 2. The van der Waals surface area contributed by atoms with Crippen LogP contribution in [-0.2, 0) is 14.3 Å². The molecule has 116 valence electrons. The predicted molar refractivity (Wildman–Crippen MR) is 80.3 cm³/mol. The van der Waals surface area contributed by atoms with E-state index in [1.165, 1.54) is 0 Å². The number of ether oxygens (including phenoxy) is 2. The van der Waals surface area contributed by atoms with Gasteiger partial charge in [-0.25, -0.2) is 4.79 Å². The van der Waals surface area contributed by atoms with Crippen LogP contribution in [-0.4, -0.2) is 31.1 Å². The van der Waals surface area contributed by atoms with Crippen molar-refractivity contribution in [2.45, 2.75) is 40.2 Å². The van der Waals surface area contributed by atoms with Gasteiger partial charge >= 0.3 is 5.97 Å². The normalized spacial score (nSPS) is 11.6. The van der Waals surface area contributed by atoms with E-state index in [2.05, 4.69) is 5.32 Å². The van der Waals surface area contributed by atoms with Crippen LogP contribution < -0.4 is 10.1 Å². The molecule has 1 amide bonds. The van der Waals surface area contributed by atoms with Crippen molar-refractivity contribution in [2.75, 3.05) is 13.2 Å². The summed E-state index contributed by atoms with van der Waals surface area (Å²) in [5.41, 5.74) is 2.08. The molecule has 0 heterocycles. The van der Waals surface area contributed by atoms with Crippen LogP contribution in [0, 0.1) is 13.8 Å². The maximum atomic E-state index is 11.7. The van der Waals surface area contributed by atoms with Crippen LogP contribution in [0.1, 0.15) is 31.4 Å². The smallest absolute Gasteiger partial charge is 0.344 e. The van der Waals surface area contributed by atoms with Crippen molar-refractivity contribution in [3.05, 3.63) is 29.3 Å². The minimum Gasteiger partial charge on any atom is -0.482 e. The molecule has 0 fully saturated rings. The average molecular weight is 293 g/mol. The van der Waals surface area contributed by atoms with Gasteiger partial charge in [-0.1, -0.05) is 24.6 Å². The maximum Gasteiger partial charge on any atom is 0.344 e. The number of hydrogen-bond donors (Lipinski definition) is 1. The lowest BCUT2D eigenvalue weighted by atomic mass is 10.1. The fraction of sp³-hybridized carbons (Fsp3) is 0.500. The lowest BCUT2D eigenvalue weighted by molar-refractivity contribution is -0.156. The van der Waals surface area contributed by atoms with Crippen LogP contribution in [0.3, 0.4) is 0 Å². The van der Waals surface area contributed by atoms with Crippen molar-refractivity contribution in [3.8, 4) is 5.75 Å². The van der Waals surface area contributed by atoms with Crippen LogP contribution >= 0.6 is 0 Å². The van der Waals surface area contributed by atoms with Crippen LogP contribution in [0.15, 0.2) is 18.2 Å². The molecule has 5 nitrogen and oxygen atoms in total. The van der Waals surface area contributed by atoms with Crippen molar-refractivity contribution < 1.29 is 19.1 Å². The molecule has 5 heteroatoms. The Hall–Kier alpha value is -2.04. The molecule has 0 aliphatic rings. The van der Waals surface area contributed by atoms with Crippen molar-refractivity contribution in [2.24, 2.45) is 0 Å². The number of benzene rings is 1. The molecule has 0 unspecified atom stereocenters. The van der Waals surface area contributed by atoms with Gasteiger partial charge in [0.1, 0.15) is 5.75 Å². The lowest BCUT2D eigenvalue weighted by Gasteiger charge is -2.14. The number of esters is 1. The average Bonchev–Trinajstić information content (AvgIpc) is 2.43. The van der Waals surface area contributed by atoms with E-state index in [1.807, 2.05) is 39.0 Å². The Labute approximate surface area is 125 Å². The molecule has 1 rings (SSSR count). The molecule has 0 bridgehead atoms.